The fourth-order valence-electron chi connectivity index (χ4n) is 7.11. The van der Waals surface area contributed by atoms with E-state index < -0.39 is 58.2 Å². The second-order valence-corrected chi connectivity index (χ2v) is 20.6. The Hall–Kier alpha value is -6.90. The van der Waals surface area contributed by atoms with Crippen molar-refractivity contribution in [3.8, 4) is 0 Å². The number of carboxylic acids is 1. The predicted octanol–water partition coefficient (Wildman–Crippen LogP) is 8.04. The minimum absolute atomic E-state index is 0.0180. The summed E-state index contributed by atoms with van der Waals surface area (Å²) in [5.74, 6) is -2.18. The first-order chi connectivity index (χ1) is 32.9. The zero-order valence-corrected chi connectivity index (χ0v) is 40.9. The van der Waals surface area contributed by atoms with E-state index in [2.05, 4.69) is 36.1 Å². The maximum atomic E-state index is 14.7. The van der Waals surface area contributed by atoms with E-state index in [0.717, 1.165) is 16.7 Å². The van der Waals surface area contributed by atoms with E-state index in [1.165, 1.54) is 35.7 Å². The number of hydrogen-bond acceptors (Lipinski definition) is 15. The highest BCUT2D eigenvalue weighted by atomic mass is 32.2. The maximum absolute atomic E-state index is 14.7. The van der Waals surface area contributed by atoms with Crippen molar-refractivity contribution in [3.63, 3.8) is 0 Å². The Kier molecular flexibility index (Phi) is 15.6. The lowest BCUT2D eigenvalue weighted by Gasteiger charge is -2.49. The van der Waals surface area contributed by atoms with Crippen molar-refractivity contribution in [2.24, 2.45) is 5.16 Å². The number of ether oxygens (including phenoxy) is 2. The van der Waals surface area contributed by atoms with Crippen LogP contribution in [0.25, 0.3) is 0 Å². The number of alkyl carbamates (subject to hydrolysis) is 1. The van der Waals surface area contributed by atoms with Gasteiger partial charge in [-0.1, -0.05) is 126 Å². The lowest BCUT2D eigenvalue weighted by Crippen LogP contribution is -2.71. The number of hydrogen-bond donors (Lipinski definition) is 4. The predicted molar refractivity (Wildman–Crippen MR) is 263 cm³/mol. The Balaban J connectivity index is 1.16. The monoisotopic (exact) mass is 990 g/mol. The van der Waals surface area contributed by atoms with E-state index in [0.29, 0.717) is 44.1 Å². The number of carboxylic acid groups (broad SMARTS) is 1. The van der Waals surface area contributed by atoms with Gasteiger partial charge in [0.15, 0.2) is 10.9 Å². The molecule has 17 nitrogen and oxygen atoms in total. The van der Waals surface area contributed by atoms with E-state index in [9.17, 15) is 29.1 Å². The zero-order chi connectivity index (χ0) is 49.3. The number of amides is 4. The molecule has 2 aliphatic heterocycles. The van der Waals surface area contributed by atoms with Gasteiger partial charge in [0.2, 0.25) is 5.60 Å². The highest BCUT2D eigenvalue weighted by Gasteiger charge is 2.55. The standard InChI is InChI=1S/C49H50N8O9S3/c1-47(2,3)64-45(62)51-27-28-67-44-50-26-25-36(54-44)69-34-29-68-42-38(41(59)57(42)39(34)43(60)61)55-40(58)37(33-23-16-24-35(52-33)53-46(63)65-48(4,5)6)56-66-49(30-17-10-7-11-18-30,31-19-12-8-13-20-31)32-21-14-9-15-22-32/h7-26,38,42H,27-29H2,1-6H3,(H,51,62)(H,55,58)(H,60,61)(H,52,53,63)/t38-,42+/m1/s1. The van der Waals surface area contributed by atoms with Crippen LogP contribution >= 0.6 is 35.3 Å². The molecule has 69 heavy (non-hydrogen) atoms. The first-order valence-electron chi connectivity index (χ1n) is 21.6. The fourth-order valence-corrected chi connectivity index (χ4v) is 10.3. The second-order valence-electron chi connectivity index (χ2n) is 17.3. The SMILES string of the molecule is CC(C)(C)OC(=O)NCCSc1nccc(SC2=C(C(=O)O)N3C(=O)[C@@H](NC(=O)C(=NOC(c4ccccc4)(c4ccccc4)c4ccccc4)c4cccc(NC(=O)OC(C)(C)C)n4)[C@@H]3SC2)n1. The summed E-state index contributed by atoms with van der Waals surface area (Å²) in [7, 11) is 0. The number of pyridine rings is 1. The summed E-state index contributed by atoms with van der Waals surface area (Å²) in [6.45, 7) is 10.8. The fraction of sp³-hybridized carbons (Fsp3) is 0.286. The smallest absolute Gasteiger partial charge is 0.413 e. The first-order valence-corrected chi connectivity index (χ1v) is 24.5. The summed E-state index contributed by atoms with van der Waals surface area (Å²) >= 11 is 3.66. The average Bonchev–Trinajstić information content (AvgIpc) is 3.30. The summed E-state index contributed by atoms with van der Waals surface area (Å²) < 4.78 is 10.7. The Bertz CT molecular complexity index is 2660. The Morgan fingerprint density at radius 2 is 1.39 bits per heavy atom. The van der Waals surface area contributed by atoms with Gasteiger partial charge in [-0.3, -0.25) is 19.8 Å². The van der Waals surface area contributed by atoms with Crippen LogP contribution in [0.4, 0.5) is 15.4 Å². The third-order valence-electron chi connectivity index (χ3n) is 9.91. The summed E-state index contributed by atoms with van der Waals surface area (Å²) in [6.07, 6.45) is 0.230. The van der Waals surface area contributed by atoms with E-state index in [-0.39, 0.29) is 28.7 Å². The molecule has 1 saturated heterocycles. The molecular formula is C49H50N8O9S3. The van der Waals surface area contributed by atoms with Gasteiger partial charge in [0.25, 0.3) is 11.8 Å². The summed E-state index contributed by atoms with van der Waals surface area (Å²) in [5, 5.41) is 23.2. The highest BCUT2D eigenvalue weighted by molar-refractivity contribution is 8.06. The number of carbonyl (C=O) groups is 5. The van der Waals surface area contributed by atoms with Gasteiger partial charge in [0.1, 0.15) is 44.9 Å². The molecule has 4 amide bonds. The molecule has 0 bridgehead atoms. The molecule has 0 aliphatic carbocycles. The van der Waals surface area contributed by atoms with Crippen LogP contribution in [0.15, 0.2) is 147 Å². The maximum Gasteiger partial charge on any atom is 0.413 e. The number of nitrogens with one attached hydrogen (secondary N) is 3. The highest BCUT2D eigenvalue weighted by Crippen LogP contribution is 2.45. The second kappa shape index (κ2) is 21.6. The van der Waals surface area contributed by atoms with Gasteiger partial charge in [-0.15, -0.1) is 11.8 Å². The molecular weight excluding hydrogens is 941 g/mol. The molecule has 1 fully saturated rings. The average molecular weight is 991 g/mol. The van der Waals surface area contributed by atoms with Gasteiger partial charge >= 0.3 is 18.2 Å². The lowest BCUT2D eigenvalue weighted by atomic mass is 9.80. The number of β-lactam (4-membered cyclic amide) rings is 1. The van der Waals surface area contributed by atoms with Crippen molar-refractivity contribution < 1.29 is 43.4 Å². The van der Waals surface area contributed by atoms with Crippen molar-refractivity contribution >= 4 is 76.8 Å². The van der Waals surface area contributed by atoms with Crippen molar-refractivity contribution in [3.05, 3.63) is 154 Å². The number of nitrogens with zero attached hydrogens (tertiary/aromatic N) is 5. The van der Waals surface area contributed by atoms with Crippen LogP contribution in [0.2, 0.25) is 0 Å². The summed E-state index contributed by atoms with van der Waals surface area (Å²) in [6, 6.07) is 33.2. The Morgan fingerprint density at radius 3 is 1.97 bits per heavy atom. The van der Waals surface area contributed by atoms with Crippen LogP contribution in [0.5, 0.6) is 0 Å². The van der Waals surface area contributed by atoms with Gasteiger partial charge in [-0.25, -0.2) is 29.3 Å². The summed E-state index contributed by atoms with van der Waals surface area (Å²) in [5.41, 5.74) is -1.38. The van der Waals surface area contributed by atoms with E-state index >= 15 is 0 Å². The van der Waals surface area contributed by atoms with Crippen LogP contribution in [-0.2, 0) is 34.3 Å². The number of aromatic nitrogens is 3. The molecule has 0 unspecified atom stereocenters. The molecule has 0 spiro atoms. The van der Waals surface area contributed by atoms with Crippen LogP contribution in [-0.4, -0.2) is 101 Å². The molecule has 5 aromatic rings. The molecule has 20 heteroatoms. The van der Waals surface area contributed by atoms with Gasteiger partial charge in [-0.05, 0) is 59.7 Å². The van der Waals surface area contributed by atoms with E-state index in [4.69, 9.17) is 14.3 Å². The van der Waals surface area contributed by atoms with Gasteiger partial charge in [-0.2, -0.15) is 0 Å². The van der Waals surface area contributed by atoms with Gasteiger partial charge < -0.3 is 30.1 Å². The molecule has 358 valence electrons. The number of benzene rings is 3. The van der Waals surface area contributed by atoms with Gasteiger partial charge in [0, 0.05) is 45.8 Å². The lowest BCUT2D eigenvalue weighted by molar-refractivity contribution is -0.150. The zero-order valence-electron chi connectivity index (χ0n) is 38.5. The minimum atomic E-state index is -1.42. The normalized spacial score (nSPS) is 16.1. The molecule has 2 atom stereocenters. The van der Waals surface area contributed by atoms with Crippen molar-refractivity contribution in [2.75, 3.05) is 23.4 Å². The summed E-state index contributed by atoms with van der Waals surface area (Å²) in [4.78, 5) is 88.2. The van der Waals surface area contributed by atoms with Gasteiger partial charge in [0.05, 0.1) is 0 Å². The topological polar surface area (TPSA) is 224 Å². The van der Waals surface area contributed by atoms with Crippen molar-refractivity contribution in [1.29, 1.82) is 0 Å². The number of rotatable bonds is 16. The molecule has 0 saturated carbocycles. The number of anilines is 1. The van der Waals surface area contributed by atoms with Crippen LogP contribution in [0.1, 0.15) is 63.9 Å². The molecule has 2 aliphatic rings. The quantitative estimate of drug-likeness (QED) is 0.0107. The number of oxime groups is 1. The molecule has 3 aromatic carbocycles. The Labute approximate surface area is 411 Å². The number of fused-ring (bicyclic) bond motifs is 1. The van der Waals surface area contributed by atoms with Crippen molar-refractivity contribution in [1.82, 2.24) is 30.5 Å². The van der Waals surface area contributed by atoms with Crippen LogP contribution in [0.3, 0.4) is 0 Å². The third kappa shape index (κ3) is 12.4. The van der Waals surface area contributed by atoms with Crippen molar-refractivity contribution in [2.45, 2.75) is 79.9 Å². The number of aliphatic carboxylic acids is 1. The van der Waals surface area contributed by atoms with Crippen LogP contribution in [0, 0.1) is 0 Å². The third-order valence-corrected chi connectivity index (χ3v) is 13.3. The first kappa shape index (κ1) is 50.0. The minimum Gasteiger partial charge on any atom is -0.477 e. The number of carbonyl (C=O) groups excluding carboxylic acids is 4. The molecule has 0 radical (unpaired) electrons. The number of thioether (sulfide) groups is 3. The molecule has 4 heterocycles. The largest absolute Gasteiger partial charge is 0.477 e. The Morgan fingerprint density at radius 1 is 0.797 bits per heavy atom. The van der Waals surface area contributed by atoms with E-state index in [1.54, 1.807) is 59.9 Å². The molecule has 4 N–H and O–H groups in total. The molecule has 2 aromatic heterocycles. The van der Waals surface area contributed by atoms with E-state index in [1.807, 2.05) is 91.0 Å². The molecule has 7 rings (SSSR count). The van der Waals surface area contributed by atoms with Crippen LogP contribution < -0.4 is 16.0 Å².